The highest BCUT2D eigenvalue weighted by molar-refractivity contribution is 6.31. The fourth-order valence-electron chi connectivity index (χ4n) is 1.93. The van der Waals surface area contributed by atoms with Gasteiger partial charge in [-0.1, -0.05) is 23.7 Å². The minimum Gasteiger partial charge on any atom is -0.483 e. The number of carbonyl (C=O) groups excluding carboxylic acids is 1. The molecule has 1 amide bonds. The third-order valence-electron chi connectivity index (χ3n) is 3.17. The van der Waals surface area contributed by atoms with Crippen LogP contribution < -0.4 is 10.1 Å². The van der Waals surface area contributed by atoms with Crippen molar-refractivity contribution in [3.8, 4) is 5.75 Å². The Labute approximate surface area is 147 Å². The number of carbonyl (C=O) groups is 2. The molecule has 2 rings (SSSR count). The Balaban J connectivity index is 1.89. The Morgan fingerprint density at radius 1 is 1.20 bits per heavy atom. The van der Waals surface area contributed by atoms with Crippen LogP contribution in [0.2, 0.25) is 5.02 Å². The van der Waals surface area contributed by atoms with E-state index in [-0.39, 0.29) is 35.2 Å². The summed E-state index contributed by atoms with van der Waals surface area (Å²) < 4.78 is 5.21. The lowest BCUT2D eigenvalue weighted by molar-refractivity contribution is -0.384. The Morgan fingerprint density at radius 2 is 1.88 bits per heavy atom. The number of non-ortho nitro benzene ring substituents is 1. The first-order valence-corrected chi connectivity index (χ1v) is 7.40. The van der Waals surface area contributed by atoms with Crippen LogP contribution in [0.3, 0.4) is 0 Å². The van der Waals surface area contributed by atoms with E-state index in [2.05, 4.69) is 5.32 Å². The molecular weight excluding hydrogens is 352 g/mol. The van der Waals surface area contributed by atoms with Crippen molar-refractivity contribution in [2.75, 3.05) is 6.61 Å². The normalized spacial score (nSPS) is 10.1. The number of aromatic carboxylic acids is 1. The van der Waals surface area contributed by atoms with Crippen molar-refractivity contribution in [2.24, 2.45) is 0 Å². The highest BCUT2D eigenvalue weighted by atomic mass is 35.5. The number of nitro groups is 1. The van der Waals surface area contributed by atoms with Crippen LogP contribution in [0.5, 0.6) is 5.75 Å². The lowest BCUT2D eigenvalue weighted by atomic mass is 10.2. The van der Waals surface area contributed by atoms with E-state index in [4.69, 9.17) is 21.4 Å². The summed E-state index contributed by atoms with van der Waals surface area (Å²) in [7, 11) is 0. The van der Waals surface area contributed by atoms with Crippen molar-refractivity contribution in [1.82, 2.24) is 5.32 Å². The van der Waals surface area contributed by atoms with Crippen LogP contribution in [-0.4, -0.2) is 28.5 Å². The van der Waals surface area contributed by atoms with Gasteiger partial charge in [-0.3, -0.25) is 14.9 Å². The maximum absolute atomic E-state index is 11.8. The molecule has 0 aliphatic heterocycles. The minimum absolute atomic E-state index is 0.0300. The third-order valence-corrected chi connectivity index (χ3v) is 3.40. The molecule has 0 spiro atoms. The number of hydrogen-bond acceptors (Lipinski definition) is 5. The Morgan fingerprint density at radius 3 is 2.48 bits per heavy atom. The van der Waals surface area contributed by atoms with Crippen LogP contribution >= 0.6 is 11.6 Å². The fraction of sp³-hybridized carbons (Fsp3) is 0.125. The second-order valence-electron chi connectivity index (χ2n) is 4.93. The maximum Gasteiger partial charge on any atom is 0.339 e. The summed E-state index contributed by atoms with van der Waals surface area (Å²) in [4.78, 5) is 33.0. The predicted octanol–water partition coefficient (Wildman–Crippen LogP) is 2.64. The first kappa shape index (κ1) is 18.2. The molecule has 8 nitrogen and oxygen atoms in total. The lowest BCUT2D eigenvalue weighted by Gasteiger charge is -2.10. The van der Waals surface area contributed by atoms with Crippen LogP contribution in [0.25, 0.3) is 0 Å². The number of amides is 1. The Hall–Kier alpha value is -3.13. The molecule has 0 atom stereocenters. The largest absolute Gasteiger partial charge is 0.483 e. The van der Waals surface area contributed by atoms with Crippen molar-refractivity contribution in [2.45, 2.75) is 6.54 Å². The number of nitrogens with zero attached hydrogens (tertiary/aromatic N) is 1. The molecule has 2 aromatic rings. The van der Waals surface area contributed by atoms with Crippen molar-refractivity contribution in [3.05, 3.63) is 68.7 Å². The van der Waals surface area contributed by atoms with Crippen LogP contribution in [-0.2, 0) is 11.3 Å². The topological polar surface area (TPSA) is 119 Å². The van der Waals surface area contributed by atoms with Gasteiger partial charge in [0.05, 0.1) is 4.92 Å². The lowest BCUT2D eigenvalue weighted by Crippen LogP contribution is -2.28. The summed E-state index contributed by atoms with van der Waals surface area (Å²) in [6.45, 7) is -0.221. The molecular formula is C16H13ClN2O6. The highest BCUT2D eigenvalue weighted by Gasteiger charge is 2.13. The van der Waals surface area contributed by atoms with Crippen molar-refractivity contribution >= 4 is 29.2 Å². The van der Waals surface area contributed by atoms with Gasteiger partial charge in [-0.2, -0.15) is 0 Å². The number of nitrogens with one attached hydrogen (secondary N) is 1. The van der Waals surface area contributed by atoms with Gasteiger partial charge in [0.25, 0.3) is 11.6 Å². The van der Waals surface area contributed by atoms with Crippen LogP contribution in [0, 0.1) is 10.1 Å². The SMILES string of the molecule is O=C(COc1ccc(Cl)cc1C(=O)O)NCc1ccc([N+](=O)[O-])cc1. The molecule has 0 unspecified atom stereocenters. The molecule has 0 aliphatic rings. The van der Waals surface area contributed by atoms with E-state index in [9.17, 15) is 19.7 Å². The molecule has 0 heterocycles. The van der Waals surface area contributed by atoms with Crippen molar-refractivity contribution < 1.29 is 24.4 Å². The summed E-state index contributed by atoms with van der Waals surface area (Å²) in [5.74, 6) is -1.66. The maximum atomic E-state index is 11.8. The minimum atomic E-state index is -1.22. The first-order chi connectivity index (χ1) is 11.9. The Bertz CT molecular complexity index is 807. The molecule has 130 valence electrons. The van der Waals surface area contributed by atoms with Crippen molar-refractivity contribution in [1.29, 1.82) is 0 Å². The third kappa shape index (κ3) is 5.18. The predicted molar refractivity (Wildman–Crippen MR) is 88.8 cm³/mol. The number of halogens is 1. The first-order valence-electron chi connectivity index (χ1n) is 7.02. The number of carboxylic acids is 1. The number of rotatable bonds is 7. The van der Waals surface area contributed by atoms with Gasteiger partial charge in [0, 0.05) is 23.7 Å². The monoisotopic (exact) mass is 364 g/mol. The number of ether oxygens (including phenoxy) is 1. The summed E-state index contributed by atoms with van der Waals surface area (Å²) in [5.41, 5.74) is 0.495. The van der Waals surface area contributed by atoms with E-state index >= 15 is 0 Å². The number of hydrogen-bond donors (Lipinski definition) is 2. The van der Waals surface area contributed by atoms with Gasteiger partial charge in [-0.05, 0) is 23.8 Å². The number of carboxylic acid groups (broad SMARTS) is 1. The number of benzene rings is 2. The summed E-state index contributed by atoms with van der Waals surface area (Å²) >= 11 is 5.73. The molecule has 0 aliphatic carbocycles. The van der Waals surface area contributed by atoms with E-state index in [1.165, 1.54) is 42.5 Å². The molecule has 25 heavy (non-hydrogen) atoms. The van der Waals surface area contributed by atoms with E-state index < -0.39 is 16.8 Å². The van der Waals surface area contributed by atoms with E-state index in [0.717, 1.165) is 0 Å². The van der Waals surface area contributed by atoms with E-state index in [0.29, 0.717) is 5.56 Å². The molecule has 0 saturated carbocycles. The van der Waals surface area contributed by atoms with E-state index in [1.807, 2.05) is 0 Å². The Kier molecular flexibility index (Phi) is 5.91. The van der Waals surface area contributed by atoms with Crippen molar-refractivity contribution in [3.63, 3.8) is 0 Å². The van der Waals surface area contributed by atoms with Crippen LogP contribution in [0.1, 0.15) is 15.9 Å². The van der Waals surface area contributed by atoms with Gasteiger partial charge in [0.2, 0.25) is 0 Å². The zero-order chi connectivity index (χ0) is 18.4. The van der Waals surface area contributed by atoms with Gasteiger partial charge in [0.15, 0.2) is 6.61 Å². The van der Waals surface area contributed by atoms with Gasteiger partial charge in [0.1, 0.15) is 11.3 Å². The van der Waals surface area contributed by atoms with Gasteiger partial charge < -0.3 is 15.2 Å². The molecule has 2 aromatic carbocycles. The molecule has 0 fully saturated rings. The average Bonchev–Trinajstić information content (AvgIpc) is 2.59. The van der Waals surface area contributed by atoms with Gasteiger partial charge >= 0.3 is 5.97 Å². The molecule has 2 N–H and O–H groups in total. The summed E-state index contributed by atoms with van der Waals surface area (Å²) in [6.07, 6.45) is 0. The van der Waals surface area contributed by atoms with Crippen LogP contribution in [0.4, 0.5) is 5.69 Å². The standard InChI is InChI=1S/C16H13ClN2O6/c17-11-3-6-14(13(7-11)16(21)22)25-9-15(20)18-8-10-1-4-12(5-2-10)19(23)24/h1-7H,8-9H2,(H,18,20)(H,21,22). The zero-order valence-corrected chi connectivity index (χ0v) is 13.5. The van der Waals surface area contributed by atoms with Gasteiger partial charge in [-0.25, -0.2) is 4.79 Å². The number of nitro benzene ring substituents is 1. The fourth-order valence-corrected chi connectivity index (χ4v) is 2.10. The molecule has 0 bridgehead atoms. The molecule has 0 aromatic heterocycles. The van der Waals surface area contributed by atoms with Gasteiger partial charge in [-0.15, -0.1) is 0 Å². The summed E-state index contributed by atoms with van der Waals surface area (Å²) in [5, 5.41) is 22.5. The average molecular weight is 365 g/mol. The molecule has 9 heteroatoms. The van der Waals surface area contributed by atoms with Crippen LogP contribution in [0.15, 0.2) is 42.5 Å². The second-order valence-corrected chi connectivity index (χ2v) is 5.37. The van der Waals surface area contributed by atoms with E-state index in [1.54, 1.807) is 0 Å². The quantitative estimate of drug-likeness (QED) is 0.575. The zero-order valence-electron chi connectivity index (χ0n) is 12.8. The summed E-state index contributed by atoms with van der Waals surface area (Å²) in [6, 6.07) is 9.79. The smallest absolute Gasteiger partial charge is 0.339 e. The highest BCUT2D eigenvalue weighted by Crippen LogP contribution is 2.22. The molecule has 0 saturated heterocycles. The molecule has 0 radical (unpaired) electrons. The second kappa shape index (κ2) is 8.11.